The van der Waals surface area contributed by atoms with Crippen molar-refractivity contribution < 1.29 is 9.53 Å². The Bertz CT molecular complexity index is 948. The lowest BCUT2D eigenvalue weighted by Crippen LogP contribution is -2.23. The Kier molecular flexibility index (Phi) is 4.84. The predicted molar refractivity (Wildman–Crippen MR) is 99.0 cm³/mol. The number of rotatable bonds is 5. The number of carbonyl (C=O) groups excluding carboxylic acids is 1. The van der Waals surface area contributed by atoms with E-state index in [0.29, 0.717) is 11.2 Å². The van der Waals surface area contributed by atoms with Crippen LogP contribution in [0.4, 0.5) is 5.69 Å². The van der Waals surface area contributed by atoms with Crippen molar-refractivity contribution in [3.05, 3.63) is 76.1 Å². The number of carbonyl (C=O) groups is 1. The highest BCUT2D eigenvalue weighted by Gasteiger charge is 2.22. The summed E-state index contributed by atoms with van der Waals surface area (Å²) in [6.07, 6.45) is 0. The van der Waals surface area contributed by atoms with E-state index in [1.165, 1.54) is 0 Å². The maximum absolute atomic E-state index is 12.5. The smallest absolute Gasteiger partial charge is 0.345 e. The SMILES string of the molecule is CCOC(=O)c1c(N[C@H](C)c2ccccc2)c2ccccc2[nH]c1=O. The molecule has 0 bridgehead atoms. The van der Waals surface area contributed by atoms with Crippen molar-refractivity contribution in [1.82, 2.24) is 4.98 Å². The van der Waals surface area contributed by atoms with Crippen molar-refractivity contribution in [3.63, 3.8) is 0 Å². The van der Waals surface area contributed by atoms with Gasteiger partial charge in [-0.3, -0.25) is 4.79 Å². The maximum Gasteiger partial charge on any atom is 0.345 e. The number of aromatic nitrogens is 1. The molecule has 0 aliphatic carbocycles. The van der Waals surface area contributed by atoms with Crippen molar-refractivity contribution >= 4 is 22.6 Å². The first-order chi connectivity index (χ1) is 12.1. The van der Waals surface area contributed by atoms with Gasteiger partial charge in [-0.2, -0.15) is 0 Å². The van der Waals surface area contributed by atoms with Gasteiger partial charge in [0, 0.05) is 11.4 Å². The Morgan fingerprint density at radius 2 is 1.80 bits per heavy atom. The van der Waals surface area contributed by atoms with Gasteiger partial charge in [-0.1, -0.05) is 48.5 Å². The minimum atomic E-state index is -0.628. The quantitative estimate of drug-likeness (QED) is 0.694. The van der Waals surface area contributed by atoms with E-state index in [0.717, 1.165) is 10.9 Å². The van der Waals surface area contributed by atoms with Gasteiger partial charge in [-0.05, 0) is 25.5 Å². The summed E-state index contributed by atoms with van der Waals surface area (Å²) in [5.41, 5.74) is 1.77. The summed E-state index contributed by atoms with van der Waals surface area (Å²) in [7, 11) is 0. The molecule has 3 rings (SSSR count). The average Bonchev–Trinajstić information content (AvgIpc) is 2.62. The highest BCUT2D eigenvalue weighted by atomic mass is 16.5. The van der Waals surface area contributed by atoms with Crippen LogP contribution in [0.25, 0.3) is 10.9 Å². The van der Waals surface area contributed by atoms with E-state index in [2.05, 4.69) is 10.3 Å². The standard InChI is InChI=1S/C20H20N2O3/c1-3-25-20(24)17-18(21-13(2)14-9-5-4-6-10-14)15-11-7-8-12-16(15)22-19(17)23/h4-13H,3H2,1-2H3,(H2,21,22,23)/t13-/m1/s1. The Morgan fingerprint density at radius 1 is 1.12 bits per heavy atom. The van der Waals surface area contributed by atoms with E-state index in [1.807, 2.05) is 61.5 Å². The van der Waals surface area contributed by atoms with Crippen molar-refractivity contribution in [2.24, 2.45) is 0 Å². The lowest BCUT2D eigenvalue weighted by atomic mass is 10.0. The Labute approximate surface area is 145 Å². The van der Waals surface area contributed by atoms with Crippen LogP contribution in [0.1, 0.15) is 35.8 Å². The van der Waals surface area contributed by atoms with Gasteiger partial charge in [0.05, 0.1) is 17.8 Å². The Morgan fingerprint density at radius 3 is 2.52 bits per heavy atom. The van der Waals surface area contributed by atoms with E-state index in [9.17, 15) is 9.59 Å². The second-order valence-corrected chi connectivity index (χ2v) is 5.75. The molecule has 128 valence electrons. The van der Waals surface area contributed by atoms with Crippen LogP contribution in [0.2, 0.25) is 0 Å². The van der Waals surface area contributed by atoms with Crippen molar-refractivity contribution in [3.8, 4) is 0 Å². The average molecular weight is 336 g/mol. The molecular weight excluding hydrogens is 316 g/mol. The van der Waals surface area contributed by atoms with Crippen LogP contribution >= 0.6 is 0 Å². The number of para-hydroxylation sites is 1. The van der Waals surface area contributed by atoms with Crippen LogP contribution < -0.4 is 10.9 Å². The number of pyridine rings is 1. The number of fused-ring (bicyclic) bond motifs is 1. The number of aromatic amines is 1. The number of anilines is 1. The highest BCUT2D eigenvalue weighted by Crippen LogP contribution is 2.28. The first-order valence-corrected chi connectivity index (χ1v) is 8.25. The van der Waals surface area contributed by atoms with Crippen LogP contribution in [0.3, 0.4) is 0 Å². The van der Waals surface area contributed by atoms with Gasteiger partial charge in [0.25, 0.3) is 5.56 Å². The van der Waals surface area contributed by atoms with E-state index < -0.39 is 11.5 Å². The Hall–Kier alpha value is -3.08. The number of benzene rings is 2. The third-order valence-corrected chi connectivity index (χ3v) is 4.06. The van der Waals surface area contributed by atoms with E-state index in [1.54, 1.807) is 6.92 Å². The molecule has 0 unspecified atom stereocenters. The van der Waals surface area contributed by atoms with Gasteiger partial charge in [0.2, 0.25) is 0 Å². The molecule has 1 heterocycles. The summed E-state index contributed by atoms with van der Waals surface area (Å²) in [5.74, 6) is -0.628. The molecule has 0 saturated heterocycles. The molecule has 0 amide bonds. The number of nitrogens with one attached hydrogen (secondary N) is 2. The summed E-state index contributed by atoms with van der Waals surface area (Å²) >= 11 is 0. The Balaban J connectivity index is 2.15. The third-order valence-electron chi connectivity index (χ3n) is 4.06. The van der Waals surface area contributed by atoms with E-state index in [4.69, 9.17) is 4.74 Å². The second kappa shape index (κ2) is 7.21. The molecule has 2 N–H and O–H groups in total. The second-order valence-electron chi connectivity index (χ2n) is 5.75. The summed E-state index contributed by atoms with van der Waals surface area (Å²) in [6, 6.07) is 17.2. The first-order valence-electron chi connectivity index (χ1n) is 8.25. The fourth-order valence-corrected chi connectivity index (χ4v) is 2.83. The van der Waals surface area contributed by atoms with E-state index >= 15 is 0 Å². The van der Waals surface area contributed by atoms with Crippen molar-refractivity contribution in [1.29, 1.82) is 0 Å². The molecule has 1 atom stereocenters. The van der Waals surface area contributed by atoms with Crippen molar-refractivity contribution in [2.75, 3.05) is 11.9 Å². The van der Waals surface area contributed by atoms with Gasteiger partial charge < -0.3 is 15.0 Å². The largest absolute Gasteiger partial charge is 0.462 e. The van der Waals surface area contributed by atoms with Crippen LogP contribution in [-0.4, -0.2) is 17.6 Å². The van der Waals surface area contributed by atoms with E-state index in [-0.39, 0.29) is 18.2 Å². The topological polar surface area (TPSA) is 71.2 Å². The number of ether oxygens (including phenoxy) is 1. The summed E-state index contributed by atoms with van der Waals surface area (Å²) < 4.78 is 5.09. The molecule has 0 fully saturated rings. The minimum Gasteiger partial charge on any atom is -0.462 e. The zero-order valence-electron chi connectivity index (χ0n) is 14.2. The number of hydrogen-bond acceptors (Lipinski definition) is 4. The number of hydrogen-bond donors (Lipinski definition) is 2. The van der Waals surface area contributed by atoms with Crippen LogP contribution in [0.15, 0.2) is 59.4 Å². The van der Waals surface area contributed by atoms with Gasteiger partial charge in [-0.25, -0.2) is 4.79 Å². The molecule has 25 heavy (non-hydrogen) atoms. The molecule has 0 aliphatic heterocycles. The zero-order chi connectivity index (χ0) is 17.8. The molecular formula is C20H20N2O3. The first kappa shape index (κ1) is 16.8. The van der Waals surface area contributed by atoms with Gasteiger partial charge in [0.1, 0.15) is 5.56 Å². The third kappa shape index (κ3) is 3.40. The molecule has 5 heteroatoms. The highest BCUT2D eigenvalue weighted by molar-refractivity contribution is 6.04. The molecule has 0 saturated carbocycles. The van der Waals surface area contributed by atoms with Crippen LogP contribution in [0, 0.1) is 0 Å². The molecule has 5 nitrogen and oxygen atoms in total. The molecule has 0 radical (unpaired) electrons. The minimum absolute atomic E-state index is 0.00308. The number of H-pyrrole nitrogens is 1. The monoisotopic (exact) mass is 336 g/mol. The number of esters is 1. The molecule has 2 aromatic carbocycles. The zero-order valence-corrected chi connectivity index (χ0v) is 14.2. The molecule has 3 aromatic rings. The molecule has 1 aromatic heterocycles. The fraction of sp³-hybridized carbons (Fsp3) is 0.200. The summed E-state index contributed by atoms with van der Waals surface area (Å²) in [5, 5.41) is 4.10. The normalized spacial score (nSPS) is 11.9. The van der Waals surface area contributed by atoms with Crippen molar-refractivity contribution in [2.45, 2.75) is 19.9 Å². The lowest BCUT2D eigenvalue weighted by molar-refractivity contribution is 0.0525. The van der Waals surface area contributed by atoms with Crippen LogP contribution in [-0.2, 0) is 4.74 Å². The van der Waals surface area contributed by atoms with Gasteiger partial charge in [0.15, 0.2) is 0 Å². The fourth-order valence-electron chi connectivity index (χ4n) is 2.83. The van der Waals surface area contributed by atoms with Crippen LogP contribution in [0.5, 0.6) is 0 Å². The van der Waals surface area contributed by atoms with Gasteiger partial charge >= 0.3 is 5.97 Å². The summed E-state index contributed by atoms with van der Waals surface area (Å²) in [4.78, 5) is 27.6. The lowest BCUT2D eigenvalue weighted by Gasteiger charge is -2.19. The maximum atomic E-state index is 12.5. The summed E-state index contributed by atoms with van der Waals surface area (Å²) in [6.45, 7) is 3.91. The predicted octanol–water partition coefficient (Wildman–Crippen LogP) is 3.88. The van der Waals surface area contributed by atoms with Gasteiger partial charge in [-0.15, -0.1) is 0 Å². The molecule has 0 aliphatic rings. The molecule has 0 spiro atoms.